The number of ether oxygens (including phenoxy) is 1. The van der Waals surface area contributed by atoms with Gasteiger partial charge >= 0.3 is 0 Å². The first kappa shape index (κ1) is 15.8. The van der Waals surface area contributed by atoms with Gasteiger partial charge in [-0.15, -0.1) is 0 Å². The molecule has 0 aliphatic carbocycles. The summed E-state index contributed by atoms with van der Waals surface area (Å²) in [5.41, 5.74) is 2.09. The fourth-order valence-electron chi connectivity index (χ4n) is 1.80. The van der Waals surface area contributed by atoms with E-state index >= 15 is 0 Å². The van der Waals surface area contributed by atoms with Crippen LogP contribution in [0.4, 0.5) is 0 Å². The summed E-state index contributed by atoms with van der Waals surface area (Å²) in [6, 6.07) is 9.53. The van der Waals surface area contributed by atoms with Crippen molar-refractivity contribution in [3.05, 3.63) is 52.7 Å². The number of nitrogens with zero attached hydrogens (tertiary/aromatic N) is 1. The van der Waals surface area contributed by atoms with Gasteiger partial charge in [-0.25, -0.2) is 4.98 Å². The quantitative estimate of drug-likeness (QED) is 0.887. The molecule has 0 amide bonds. The van der Waals surface area contributed by atoms with Crippen LogP contribution in [0.3, 0.4) is 0 Å². The molecule has 4 heteroatoms. The van der Waals surface area contributed by atoms with Crippen LogP contribution in [0.2, 0.25) is 5.02 Å². The van der Waals surface area contributed by atoms with Crippen molar-refractivity contribution >= 4 is 11.6 Å². The molecule has 0 spiro atoms. The summed E-state index contributed by atoms with van der Waals surface area (Å²) < 4.78 is 5.95. The number of aromatic nitrogens is 1. The minimum Gasteiger partial charge on any atom is -0.438 e. The van der Waals surface area contributed by atoms with Crippen LogP contribution in [0.15, 0.2) is 36.5 Å². The van der Waals surface area contributed by atoms with Crippen LogP contribution in [0.1, 0.15) is 31.9 Å². The molecule has 0 aliphatic rings. The Kier molecular flexibility index (Phi) is 4.86. The molecule has 0 unspecified atom stereocenters. The first-order valence-corrected chi connectivity index (χ1v) is 7.36. The molecule has 3 nitrogen and oxygen atoms in total. The Labute approximate surface area is 131 Å². The van der Waals surface area contributed by atoms with Crippen molar-refractivity contribution in [3.63, 3.8) is 0 Å². The van der Waals surface area contributed by atoms with Crippen molar-refractivity contribution in [1.82, 2.24) is 10.3 Å². The zero-order chi connectivity index (χ0) is 15.5. The SMILES string of the molecule is Cc1ccc(Cl)cc1Oc1ncccc1CNC(C)(C)C. The molecule has 1 aromatic carbocycles. The fraction of sp³-hybridized carbons (Fsp3) is 0.353. The molecule has 0 radical (unpaired) electrons. The summed E-state index contributed by atoms with van der Waals surface area (Å²) >= 11 is 6.03. The van der Waals surface area contributed by atoms with Crippen LogP contribution in [0.25, 0.3) is 0 Å². The first-order valence-electron chi connectivity index (χ1n) is 6.98. The average molecular weight is 305 g/mol. The van der Waals surface area contributed by atoms with E-state index in [4.69, 9.17) is 16.3 Å². The Morgan fingerprint density at radius 2 is 2.00 bits per heavy atom. The highest BCUT2D eigenvalue weighted by Crippen LogP contribution is 2.28. The lowest BCUT2D eigenvalue weighted by Crippen LogP contribution is -2.35. The number of benzene rings is 1. The number of hydrogen-bond acceptors (Lipinski definition) is 3. The van der Waals surface area contributed by atoms with Gasteiger partial charge in [0.1, 0.15) is 5.75 Å². The predicted octanol–water partition coefficient (Wildman–Crippen LogP) is 4.72. The van der Waals surface area contributed by atoms with Crippen LogP contribution in [-0.2, 0) is 6.54 Å². The highest BCUT2D eigenvalue weighted by molar-refractivity contribution is 6.30. The number of hydrogen-bond donors (Lipinski definition) is 1. The van der Waals surface area contributed by atoms with Crippen molar-refractivity contribution in [3.8, 4) is 11.6 Å². The summed E-state index contributed by atoms with van der Waals surface area (Å²) in [6.07, 6.45) is 1.73. The second-order valence-electron chi connectivity index (χ2n) is 6.08. The van der Waals surface area contributed by atoms with Crippen LogP contribution in [0, 0.1) is 6.92 Å². The van der Waals surface area contributed by atoms with Crippen molar-refractivity contribution < 1.29 is 4.74 Å². The number of halogens is 1. The highest BCUT2D eigenvalue weighted by atomic mass is 35.5. The zero-order valence-electron chi connectivity index (χ0n) is 12.9. The molecular formula is C17H21ClN2O. The summed E-state index contributed by atoms with van der Waals surface area (Å²) in [4.78, 5) is 4.34. The topological polar surface area (TPSA) is 34.1 Å². The van der Waals surface area contributed by atoms with E-state index in [1.807, 2.05) is 37.3 Å². The highest BCUT2D eigenvalue weighted by Gasteiger charge is 2.12. The van der Waals surface area contributed by atoms with E-state index in [0.717, 1.165) is 16.9 Å². The van der Waals surface area contributed by atoms with Crippen LogP contribution >= 0.6 is 11.6 Å². The second-order valence-corrected chi connectivity index (χ2v) is 6.52. The van der Waals surface area contributed by atoms with Gasteiger partial charge in [-0.2, -0.15) is 0 Å². The number of rotatable bonds is 4. The van der Waals surface area contributed by atoms with Gasteiger partial charge in [0, 0.05) is 28.9 Å². The standard InChI is InChI=1S/C17H21ClN2O/c1-12-7-8-14(18)10-15(12)21-16-13(6-5-9-19-16)11-20-17(2,3)4/h5-10,20H,11H2,1-4H3. The van der Waals surface area contributed by atoms with Crippen molar-refractivity contribution in [2.24, 2.45) is 0 Å². The van der Waals surface area contributed by atoms with Gasteiger partial charge < -0.3 is 10.1 Å². The monoisotopic (exact) mass is 304 g/mol. The fourth-order valence-corrected chi connectivity index (χ4v) is 1.96. The van der Waals surface area contributed by atoms with Gasteiger partial charge in [-0.05, 0) is 51.5 Å². The lowest BCUT2D eigenvalue weighted by molar-refractivity contribution is 0.408. The van der Waals surface area contributed by atoms with Crippen molar-refractivity contribution in [2.45, 2.75) is 39.8 Å². The molecule has 2 aromatic rings. The minimum absolute atomic E-state index is 0.0408. The number of nitrogens with one attached hydrogen (secondary N) is 1. The molecule has 112 valence electrons. The van der Waals surface area contributed by atoms with Gasteiger partial charge in [0.25, 0.3) is 0 Å². The Morgan fingerprint density at radius 3 is 2.71 bits per heavy atom. The van der Waals surface area contributed by atoms with Gasteiger partial charge in [0.05, 0.1) is 0 Å². The van der Waals surface area contributed by atoms with E-state index in [9.17, 15) is 0 Å². The third-order valence-electron chi connectivity index (χ3n) is 3.02. The molecule has 21 heavy (non-hydrogen) atoms. The third kappa shape index (κ3) is 4.73. The molecule has 2 rings (SSSR count). The lowest BCUT2D eigenvalue weighted by Gasteiger charge is -2.21. The Bertz CT molecular complexity index is 620. The molecule has 0 atom stereocenters. The maximum atomic E-state index is 6.03. The van der Waals surface area contributed by atoms with E-state index in [0.29, 0.717) is 17.4 Å². The predicted molar refractivity (Wildman–Crippen MR) is 87.1 cm³/mol. The molecule has 0 saturated heterocycles. The summed E-state index contributed by atoms with van der Waals surface area (Å²) in [5.74, 6) is 1.35. The molecule has 1 aromatic heterocycles. The van der Waals surface area contributed by atoms with E-state index in [2.05, 4.69) is 31.1 Å². The van der Waals surface area contributed by atoms with Gasteiger partial charge in [-0.3, -0.25) is 0 Å². The average Bonchev–Trinajstić information content (AvgIpc) is 2.41. The summed E-state index contributed by atoms with van der Waals surface area (Å²) in [7, 11) is 0. The molecule has 0 fully saturated rings. The maximum absolute atomic E-state index is 6.03. The summed E-state index contributed by atoms with van der Waals surface area (Å²) in [5, 5.41) is 4.10. The van der Waals surface area contributed by atoms with Gasteiger partial charge in [0.15, 0.2) is 0 Å². The Morgan fingerprint density at radius 1 is 1.24 bits per heavy atom. The Hall–Kier alpha value is -1.58. The molecule has 1 heterocycles. The van der Waals surface area contributed by atoms with Crippen LogP contribution in [0.5, 0.6) is 11.6 Å². The number of aryl methyl sites for hydroxylation is 1. The molecule has 0 bridgehead atoms. The van der Waals surface area contributed by atoms with Crippen molar-refractivity contribution in [2.75, 3.05) is 0 Å². The van der Waals surface area contributed by atoms with Crippen LogP contribution < -0.4 is 10.1 Å². The van der Waals surface area contributed by atoms with Gasteiger partial charge in [0.2, 0.25) is 5.88 Å². The first-order chi connectivity index (χ1) is 9.85. The zero-order valence-corrected chi connectivity index (χ0v) is 13.7. The number of pyridine rings is 1. The largest absolute Gasteiger partial charge is 0.438 e. The maximum Gasteiger partial charge on any atom is 0.223 e. The molecule has 0 saturated carbocycles. The minimum atomic E-state index is 0.0408. The normalized spacial score (nSPS) is 11.5. The molecular weight excluding hydrogens is 284 g/mol. The van der Waals surface area contributed by atoms with E-state index in [-0.39, 0.29) is 5.54 Å². The Balaban J connectivity index is 2.22. The van der Waals surface area contributed by atoms with Crippen LogP contribution in [-0.4, -0.2) is 10.5 Å². The van der Waals surface area contributed by atoms with E-state index in [1.54, 1.807) is 6.20 Å². The summed E-state index contributed by atoms with van der Waals surface area (Å²) in [6.45, 7) is 9.08. The third-order valence-corrected chi connectivity index (χ3v) is 3.25. The second kappa shape index (κ2) is 6.46. The smallest absolute Gasteiger partial charge is 0.223 e. The van der Waals surface area contributed by atoms with Gasteiger partial charge in [-0.1, -0.05) is 23.7 Å². The molecule has 0 aliphatic heterocycles. The van der Waals surface area contributed by atoms with Crippen molar-refractivity contribution in [1.29, 1.82) is 0 Å². The van der Waals surface area contributed by atoms with E-state index in [1.165, 1.54) is 0 Å². The lowest BCUT2D eigenvalue weighted by atomic mass is 10.1. The van der Waals surface area contributed by atoms with E-state index < -0.39 is 0 Å². The molecule has 1 N–H and O–H groups in total.